The van der Waals surface area contributed by atoms with Crippen LogP contribution < -0.4 is 5.32 Å². The van der Waals surface area contributed by atoms with E-state index in [1.165, 1.54) is 6.07 Å². The molecule has 0 bridgehead atoms. The van der Waals surface area contributed by atoms with Crippen LogP contribution in [0.15, 0.2) is 40.7 Å². The molecule has 3 heterocycles. The molecular formula is C17H13FINO4. The average Bonchev–Trinajstić information content (AvgIpc) is 2.56. The lowest BCUT2D eigenvalue weighted by Crippen LogP contribution is -2.40. The molecule has 0 radical (unpaired) electrons. The van der Waals surface area contributed by atoms with Crippen molar-refractivity contribution < 1.29 is 23.5 Å². The molecule has 0 fully saturated rings. The standard InChI is InChI=1S/C17H13FINO4/c18-9-2-1-8(5-10(9)19)14-15-12(6-23-7-13(15)21)20-11-3-4-24-17(22)16(11)14/h1-2,5,14,20H,3-4,6-7H2. The van der Waals surface area contributed by atoms with Crippen LogP contribution >= 0.6 is 22.6 Å². The zero-order valence-electron chi connectivity index (χ0n) is 12.5. The van der Waals surface area contributed by atoms with Crippen LogP contribution in [0.4, 0.5) is 4.39 Å². The first kappa shape index (κ1) is 15.8. The van der Waals surface area contributed by atoms with Gasteiger partial charge < -0.3 is 14.8 Å². The van der Waals surface area contributed by atoms with E-state index in [0.717, 1.165) is 5.70 Å². The number of hydrogen-bond acceptors (Lipinski definition) is 5. The summed E-state index contributed by atoms with van der Waals surface area (Å²) in [5, 5.41) is 3.18. The molecule has 5 nitrogen and oxygen atoms in total. The van der Waals surface area contributed by atoms with Crippen molar-refractivity contribution in [2.45, 2.75) is 12.3 Å². The van der Waals surface area contributed by atoms with Gasteiger partial charge in [0, 0.05) is 32.9 Å². The van der Waals surface area contributed by atoms with Crippen molar-refractivity contribution in [1.29, 1.82) is 0 Å². The van der Waals surface area contributed by atoms with Crippen molar-refractivity contribution >= 4 is 34.3 Å². The second-order valence-electron chi connectivity index (χ2n) is 5.82. The number of dihydropyridines is 1. The lowest BCUT2D eigenvalue weighted by atomic mass is 9.77. The first-order valence-electron chi connectivity index (χ1n) is 7.52. The number of carbonyl (C=O) groups excluding carboxylic acids is 2. The first-order chi connectivity index (χ1) is 11.6. The van der Waals surface area contributed by atoms with E-state index in [1.807, 2.05) is 22.6 Å². The van der Waals surface area contributed by atoms with E-state index in [9.17, 15) is 14.0 Å². The molecule has 1 atom stereocenters. The summed E-state index contributed by atoms with van der Waals surface area (Å²) in [6, 6.07) is 4.65. The number of benzene rings is 1. The van der Waals surface area contributed by atoms with E-state index in [0.29, 0.717) is 45.6 Å². The molecule has 0 amide bonds. The Balaban J connectivity index is 1.92. The smallest absolute Gasteiger partial charge is 0.336 e. The zero-order chi connectivity index (χ0) is 16.8. The molecule has 0 saturated carbocycles. The number of nitrogens with one attached hydrogen (secondary N) is 1. The Morgan fingerprint density at radius 3 is 2.79 bits per heavy atom. The molecular weight excluding hydrogens is 428 g/mol. The summed E-state index contributed by atoms with van der Waals surface area (Å²) in [6.07, 6.45) is 0.556. The summed E-state index contributed by atoms with van der Waals surface area (Å²) in [5.41, 5.74) is 3.10. The minimum Gasteiger partial charge on any atom is -0.462 e. The highest BCUT2D eigenvalue weighted by atomic mass is 127. The highest BCUT2D eigenvalue weighted by molar-refractivity contribution is 14.1. The fraction of sp³-hybridized carbons (Fsp3) is 0.294. The number of halogens is 2. The minimum atomic E-state index is -0.547. The van der Waals surface area contributed by atoms with Crippen molar-refractivity contribution in [1.82, 2.24) is 5.32 Å². The third-order valence-corrected chi connectivity index (χ3v) is 5.22. The van der Waals surface area contributed by atoms with Gasteiger partial charge in [-0.05, 0) is 40.3 Å². The van der Waals surface area contributed by atoms with E-state index >= 15 is 0 Å². The van der Waals surface area contributed by atoms with Crippen LogP contribution in [0.1, 0.15) is 17.9 Å². The zero-order valence-corrected chi connectivity index (χ0v) is 14.7. The van der Waals surface area contributed by atoms with E-state index in [1.54, 1.807) is 12.1 Å². The summed E-state index contributed by atoms with van der Waals surface area (Å²) >= 11 is 1.90. The fourth-order valence-electron chi connectivity index (χ4n) is 3.36. The van der Waals surface area contributed by atoms with Crippen LogP contribution in [-0.2, 0) is 19.1 Å². The molecule has 0 aromatic heterocycles. The number of esters is 1. The molecule has 1 unspecified atom stereocenters. The Bertz CT molecular complexity index is 788. The van der Waals surface area contributed by atoms with E-state index < -0.39 is 11.9 Å². The molecule has 3 aliphatic rings. The van der Waals surface area contributed by atoms with Gasteiger partial charge in [0.15, 0.2) is 5.78 Å². The topological polar surface area (TPSA) is 64.6 Å². The van der Waals surface area contributed by atoms with Crippen LogP contribution in [0.5, 0.6) is 0 Å². The van der Waals surface area contributed by atoms with Gasteiger partial charge >= 0.3 is 5.97 Å². The quantitative estimate of drug-likeness (QED) is 0.535. The summed E-state index contributed by atoms with van der Waals surface area (Å²) in [6.45, 7) is 0.574. The Morgan fingerprint density at radius 1 is 1.17 bits per heavy atom. The summed E-state index contributed by atoms with van der Waals surface area (Å²) in [5.74, 6) is -1.48. The highest BCUT2D eigenvalue weighted by Crippen LogP contribution is 2.42. The molecule has 1 aromatic carbocycles. The highest BCUT2D eigenvalue weighted by Gasteiger charge is 2.41. The van der Waals surface area contributed by atoms with Gasteiger partial charge in [-0.25, -0.2) is 9.18 Å². The van der Waals surface area contributed by atoms with Crippen LogP contribution in [0, 0.1) is 9.39 Å². The van der Waals surface area contributed by atoms with Gasteiger partial charge in [0.1, 0.15) is 12.4 Å². The molecule has 1 aromatic rings. The van der Waals surface area contributed by atoms with Crippen molar-refractivity contribution in [3.63, 3.8) is 0 Å². The Kier molecular flexibility index (Phi) is 3.92. The second kappa shape index (κ2) is 5.96. The molecule has 7 heteroatoms. The molecule has 24 heavy (non-hydrogen) atoms. The Morgan fingerprint density at radius 2 is 2.00 bits per heavy atom. The summed E-state index contributed by atoms with van der Waals surface area (Å²) < 4.78 is 24.6. The number of cyclic esters (lactones) is 1. The third kappa shape index (κ3) is 2.46. The van der Waals surface area contributed by atoms with Crippen molar-refractivity contribution in [2.24, 2.45) is 0 Å². The van der Waals surface area contributed by atoms with E-state index in [-0.39, 0.29) is 18.2 Å². The normalized spacial score (nSPS) is 23.5. The SMILES string of the molecule is O=C1COCC2=C1C(c1ccc(F)c(I)c1)C1=C(CCOC1=O)N2. The maximum Gasteiger partial charge on any atom is 0.336 e. The summed E-state index contributed by atoms with van der Waals surface area (Å²) in [7, 11) is 0. The fourth-order valence-corrected chi connectivity index (χ4v) is 3.90. The Labute approximate surface area is 151 Å². The number of carbonyl (C=O) groups is 2. The van der Waals surface area contributed by atoms with Gasteiger partial charge in [-0.1, -0.05) is 6.07 Å². The average molecular weight is 441 g/mol. The van der Waals surface area contributed by atoms with Crippen LogP contribution in [0.25, 0.3) is 0 Å². The van der Waals surface area contributed by atoms with Crippen molar-refractivity contribution in [2.75, 3.05) is 19.8 Å². The van der Waals surface area contributed by atoms with Gasteiger partial charge in [0.25, 0.3) is 0 Å². The van der Waals surface area contributed by atoms with Gasteiger partial charge in [-0.15, -0.1) is 0 Å². The predicted octanol–water partition coefficient (Wildman–Crippen LogP) is 2.17. The third-order valence-electron chi connectivity index (χ3n) is 4.39. The number of Topliss-reactive ketones (excluding diaryl/α,β-unsaturated/α-hetero) is 1. The number of ether oxygens (including phenoxy) is 2. The minimum absolute atomic E-state index is 0.0209. The van der Waals surface area contributed by atoms with Gasteiger partial charge in [0.2, 0.25) is 0 Å². The van der Waals surface area contributed by atoms with Gasteiger partial charge in [-0.2, -0.15) is 0 Å². The molecule has 0 saturated heterocycles. The number of hydrogen-bond donors (Lipinski definition) is 1. The second-order valence-corrected chi connectivity index (χ2v) is 6.98. The molecule has 0 aliphatic carbocycles. The van der Waals surface area contributed by atoms with Crippen molar-refractivity contribution in [3.05, 3.63) is 55.7 Å². The summed E-state index contributed by atoms with van der Waals surface area (Å²) in [4.78, 5) is 24.9. The number of rotatable bonds is 1. The predicted molar refractivity (Wildman–Crippen MR) is 90.4 cm³/mol. The van der Waals surface area contributed by atoms with E-state index in [4.69, 9.17) is 9.47 Å². The molecule has 3 aliphatic heterocycles. The molecule has 4 rings (SSSR count). The lowest BCUT2D eigenvalue weighted by Gasteiger charge is -2.36. The Hall–Kier alpha value is -1.74. The molecule has 0 spiro atoms. The van der Waals surface area contributed by atoms with Gasteiger partial charge in [0.05, 0.1) is 18.8 Å². The van der Waals surface area contributed by atoms with Gasteiger partial charge in [-0.3, -0.25) is 4.79 Å². The van der Waals surface area contributed by atoms with Crippen molar-refractivity contribution in [3.8, 4) is 0 Å². The monoisotopic (exact) mass is 441 g/mol. The molecule has 124 valence electrons. The van der Waals surface area contributed by atoms with Crippen LogP contribution in [0.3, 0.4) is 0 Å². The van der Waals surface area contributed by atoms with E-state index in [2.05, 4.69) is 5.32 Å². The molecule has 1 N–H and O–H groups in total. The largest absolute Gasteiger partial charge is 0.462 e. The van der Waals surface area contributed by atoms with Crippen LogP contribution in [0.2, 0.25) is 0 Å². The first-order valence-corrected chi connectivity index (χ1v) is 8.60. The van der Waals surface area contributed by atoms with Crippen LogP contribution in [-0.4, -0.2) is 31.6 Å². The maximum atomic E-state index is 13.7. The maximum absolute atomic E-state index is 13.7. The lowest BCUT2D eigenvalue weighted by molar-refractivity contribution is -0.140. The number of ketones is 1.